The van der Waals surface area contributed by atoms with Crippen molar-refractivity contribution in [2.75, 3.05) is 39.3 Å². The molecule has 1 aliphatic rings. The first kappa shape index (κ1) is 19.3. The Kier molecular flexibility index (Phi) is 8.27. The van der Waals surface area contributed by atoms with E-state index in [4.69, 9.17) is 5.11 Å². The Morgan fingerprint density at radius 1 is 1.09 bits per heavy atom. The van der Waals surface area contributed by atoms with E-state index in [1.807, 2.05) is 16.7 Å². The summed E-state index contributed by atoms with van der Waals surface area (Å²) in [5.74, 6) is 0.224. The van der Waals surface area contributed by atoms with Crippen LogP contribution in [0.15, 0.2) is 0 Å². The highest BCUT2D eigenvalue weighted by Crippen LogP contribution is 2.13. The minimum Gasteiger partial charge on any atom is -0.394 e. The maximum atomic E-state index is 12.2. The van der Waals surface area contributed by atoms with Crippen molar-refractivity contribution in [3.05, 3.63) is 0 Å². The number of piperazine rings is 1. The fraction of sp³-hybridized carbons (Fsp3) is 0.933. The molecule has 0 aromatic rings. The molecule has 1 amide bonds. The fourth-order valence-corrected chi connectivity index (χ4v) is 2.76. The average molecular weight is 318 g/mol. The summed E-state index contributed by atoms with van der Waals surface area (Å²) >= 11 is 0. The number of amides is 1. The van der Waals surface area contributed by atoms with Gasteiger partial charge in [0.2, 0.25) is 5.91 Å². The number of rotatable bonds is 8. The molecule has 1 rings (SSSR count). The number of β-amino-alcohol motifs (C(OH)–C–C–N with tert-alkyl or cyclic N) is 1. The van der Waals surface area contributed by atoms with Crippen molar-refractivity contribution in [1.82, 2.24) is 9.80 Å². The van der Waals surface area contributed by atoms with Crippen molar-refractivity contribution in [3.63, 3.8) is 0 Å². The van der Waals surface area contributed by atoms with Gasteiger partial charge in [-0.1, -0.05) is 20.3 Å². The highest BCUT2D eigenvalue weighted by molar-refractivity contribution is 5.78. The minimum absolute atomic E-state index is 0.0451. The van der Waals surface area contributed by atoms with E-state index >= 15 is 0 Å². The number of aliphatic hydroxyl groups excluding tert-OH is 4. The van der Waals surface area contributed by atoms with Crippen molar-refractivity contribution < 1.29 is 25.2 Å². The Morgan fingerprint density at radius 3 is 2.18 bits per heavy atom. The van der Waals surface area contributed by atoms with Crippen LogP contribution in [0.1, 0.15) is 26.7 Å². The zero-order valence-electron chi connectivity index (χ0n) is 13.6. The predicted octanol–water partition coefficient (Wildman–Crippen LogP) is -1.36. The minimum atomic E-state index is -1.37. The summed E-state index contributed by atoms with van der Waals surface area (Å²) in [6.45, 7) is 6.12. The van der Waals surface area contributed by atoms with Gasteiger partial charge in [0.15, 0.2) is 0 Å². The lowest BCUT2D eigenvalue weighted by atomic mass is 10.0. The van der Waals surface area contributed by atoms with Crippen molar-refractivity contribution in [3.8, 4) is 0 Å². The standard InChI is InChI=1S/C15H30N2O5/c1-3-4-11(2)15(22)17-7-5-16(6-8-17)9-12(19)14(21)13(20)10-18/h11-14,18-21H,3-10H2,1-2H3/t11?,12-,13+,14-/m0/s1. The molecule has 0 aliphatic carbocycles. The van der Waals surface area contributed by atoms with Crippen LogP contribution in [-0.4, -0.2) is 93.8 Å². The normalized spacial score (nSPS) is 22.2. The molecule has 0 aromatic heterocycles. The van der Waals surface area contributed by atoms with Crippen molar-refractivity contribution in [2.45, 2.75) is 45.0 Å². The van der Waals surface area contributed by atoms with Crippen LogP contribution >= 0.6 is 0 Å². The summed E-state index contributed by atoms with van der Waals surface area (Å²) in [5.41, 5.74) is 0. The van der Waals surface area contributed by atoms with Gasteiger partial charge in [-0.05, 0) is 6.42 Å². The SMILES string of the molecule is CCCC(C)C(=O)N1CCN(C[C@H](O)[C@H](O)[C@H](O)CO)CC1. The van der Waals surface area contributed by atoms with Crippen LogP contribution in [0.4, 0.5) is 0 Å². The molecule has 7 nitrogen and oxygen atoms in total. The molecule has 0 spiro atoms. The maximum Gasteiger partial charge on any atom is 0.225 e. The molecule has 130 valence electrons. The van der Waals surface area contributed by atoms with Gasteiger partial charge >= 0.3 is 0 Å². The Morgan fingerprint density at radius 2 is 1.68 bits per heavy atom. The van der Waals surface area contributed by atoms with E-state index in [9.17, 15) is 20.1 Å². The van der Waals surface area contributed by atoms with Gasteiger partial charge in [-0.3, -0.25) is 9.69 Å². The number of hydrogen-bond acceptors (Lipinski definition) is 6. The lowest BCUT2D eigenvalue weighted by Crippen LogP contribution is -2.53. The van der Waals surface area contributed by atoms with Crippen LogP contribution in [-0.2, 0) is 4.79 Å². The first-order valence-electron chi connectivity index (χ1n) is 8.06. The molecule has 4 atom stereocenters. The van der Waals surface area contributed by atoms with Crippen LogP contribution in [0.5, 0.6) is 0 Å². The van der Waals surface area contributed by atoms with Crippen LogP contribution in [0.3, 0.4) is 0 Å². The molecule has 0 radical (unpaired) electrons. The number of carbonyl (C=O) groups is 1. The molecular weight excluding hydrogens is 288 g/mol. The Hall–Kier alpha value is -0.730. The smallest absolute Gasteiger partial charge is 0.225 e. The highest BCUT2D eigenvalue weighted by atomic mass is 16.4. The monoisotopic (exact) mass is 318 g/mol. The average Bonchev–Trinajstić information content (AvgIpc) is 2.53. The van der Waals surface area contributed by atoms with Gasteiger partial charge in [-0.15, -0.1) is 0 Å². The summed E-state index contributed by atoms with van der Waals surface area (Å²) in [5, 5.41) is 37.6. The molecule has 1 aliphatic heterocycles. The molecule has 7 heteroatoms. The number of carbonyl (C=O) groups excluding carboxylic acids is 1. The second-order valence-electron chi connectivity index (χ2n) is 6.12. The first-order valence-corrected chi connectivity index (χ1v) is 8.06. The molecule has 0 saturated carbocycles. The van der Waals surface area contributed by atoms with Crippen molar-refractivity contribution >= 4 is 5.91 Å². The molecule has 0 aromatic carbocycles. The summed E-state index contributed by atoms with van der Waals surface area (Å²) in [6, 6.07) is 0. The third-order valence-corrected chi connectivity index (χ3v) is 4.25. The number of aliphatic hydroxyl groups is 4. The first-order chi connectivity index (χ1) is 10.4. The molecule has 1 fully saturated rings. The zero-order chi connectivity index (χ0) is 16.7. The Labute approximate surface area is 132 Å². The molecule has 1 unspecified atom stereocenters. The van der Waals surface area contributed by atoms with Gasteiger partial charge in [-0.25, -0.2) is 0 Å². The quantitative estimate of drug-likeness (QED) is 0.441. The Balaban J connectivity index is 2.37. The Bertz CT molecular complexity index is 334. The lowest BCUT2D eigenvalue weighted by molar-refractivity contribution is -0.137. The van der Waals surface area contributed by atoms with Crippen LogP contribution in [0, 0.1) is 5.92 Å². The van der Waals surface area contributed by atoms with Gasteiger partial charge in [0.25, 0.3) is 0 Å². The predicted molar refractivity (Wildman–Crippen MR) is 82.2 cm³/mol. The number of nitrogens with zero attached hydrogens (tertiary/aromatic N) is 2. The zero-order valence-corrected chi connectivity index (χ0v) is 13.6. The van der Waals surface area contributed by atoms with Gasteiger partial charge in [0.05, 0.1) is 12.7 Å². The van der Waals surface area contributed by atoms with E-state index in [1.165, 1.54) is 0 Å². The van der Waals surface area contributed by atoms with Crippen molar-refractivity contribution in [1.29, 1.82) is 0 Å². The van der Waals surface area contributed by atoms with E-state index in [1.54, 1.807) is 0 Å². The largest absolute Gasteiger partial charge is 0.394 e. The third-order valence-electron chi connectivity index (χ3n) is 4.25. The second kappa shape index (κ2) is 9.42. The van der Waals surface area contributed by atoms with E-state index in [-0.39, 0.29) is 18.4 Å². The number of hydrogen-bond donors (Lipinski definition) is 4. The topological polar surface area (TPSA) is 104 Å². The molecule has 22 heavy (non-hydrogen) atoms. The summed E-state index contributed by atoms with van der Waals surface area (Å²) in [4.78, 5) is 16.0. The summed E-state index contributed by atoms with van der Waals surface area (Å²) in [6.07, 6.45) is -1.95. The summed E-state index contributed by atoms with van der Waals surface area (Å²) < 4.78 is 0. The van der Waals surface area contributed by atoms with E-state index in [0.717, 1.165) is 12.8 Å². The van der Waals surface area contributed by atoms with E-state index in [0.29, 0.717) is 26.2 Å². The lowest BCUT2D eigenvalue weighted by Gasteiger charge is -2.37. The van der Waals surface area contributed by atoms with Gasteiger partial charge < -0.3 is 25.3 Å². The molecule has 4 N–H and O–H groups in total. The van der Waals surface area contributed by atoms with E-state index in [2.05, 4.69) is 6.92 Å². The molecule has 1 heterocycles. The highest BCUT2D eigenvalue weighted by Gasteiger charge is 2.29. The van der Waals surface area contributed by atoms with Gasteiger partial charge in [0, 0.05) is 38.6 Å². The molecule has 0 bridgehead atoms. The van der Waals surface area contributed by atoms with Crippen LogP contribution in [0.25, 0.3) is 0 Å². The van der Waals surface area contributed by atoms with Crippen LogP contribution in [0.2, 0.25) is 0 Å². The molecule has 1 saturated heterocycles. The van der Waals surface area contributed by atoms with Crippen LogP contribution < -0.4 is 0 Å². The summed E-state index contributed by atoms with van der Waals surface area (Å²) in [7, 11) is 0. The van der Waals surface area contributed by atoms with Gasteiger partial charge in [0.1, 0.15) is 12.2 Å². The third kappa shape index (κ3) is 5.48. The van der Waals surface area contributed by atoms with E-state index < -0.39 is 24.9 Å². The van der Waals surface area contributed by atoms with Crippen molar-refractivity contribution in [2.24, 2.45) is 5.92 Å². The molecular formula is C15H30N2O5. The second-order valence-corrected chi connectivity index (χ2v) is 6.12. The maximum absolute atomic E-state index is 12.2. The van der Waals surface area contributed by atoms with Gasteiger partial charge in [-0.2, -0.15) is 0 Å². The fourth-order valence-electron chi connectivity index (χ4n) is 2.76.